The van der Waals surface area contributed by atoms with Gasteiger partial charge in [-0.1, -0.05) is 57.5 Å². The van der Waals surface area contributed by atoms with Gasteiger partial charge in [0.2, 0.25) is 5.69 Å². The molecule has 0 aliphatic heterocycles. The zero-order valence-electron chi connectivity index (χ0n) is 20.0. The number of hydrogen-bond donors (Lipinski definition) is 0. The summed E-state index contributed by atoms with van der Waals surface area (Å²) in [6.07, 6.45) is 2.19. The molecule has 0 saturated carbocycles. The number of aryl methyl sites for hydroxylation is 3. The first-order valence-corrected chi connectivity index (χ1v) is 12.0. The fraction of sp³-hybridized carbons (Fsp3) is 0.357. The Bertz CT molecular complexity index is 1250. The van der Waals surface area contributed by atoms with E-state index in [1.807, 2.05) is 11.3 Å². The Labute approximate surface area is 190 Å². The molecular weight excluding hydrogens is 396 g/mol. The van der Waals surface area contributed by atoms with Gasteiger partial charge in [-0.3, -0.25) is 0 Å². The van der Waals surface area contributed by atoms with Crippen molar-refractivity contribution in [2.24, 2.45) is 7.05 Å². The second kappa shape index (κ2) is 8.20. The van der Waals surface area contributed by atoms with Gasteiger partial charge in [0.15, 0.2) is 6.20 Å². The highest BCUT2D eigenvalue weighted by molar-refractivity contribution is 7.21. The molecule has 0 aliphatic carbocycles. The predicted octanol–water partition coefficient (Wildman–Crippen LogP) is 7.63. The minimum Gasteiger partial charge on any atom is -0.230 e. The Kier molecular flexibility index (Phi) is 5.74. The maximum Gasteiger partial charge on any atom is 0.214 e. The van der Waals surface area contributed by atoms with Crippen molar-refractivity contribution < 1.29 is 4.57 Å². The third kappa shape index (κ3) is 3.92. The minimum absolute atomic E-state index is 0.463. The average molecular weight is 430 g/mol. The first-order chi connectivity index (χ1) is 14.7. The zero-order chi connectivity index (χ0) is 22.4. The maximum absolute atomic E-state index is 5.12. The highest BCUT2D eigenvalue weighted by Crippen LogP contribution is 2.40. The molecule has 0 spiro atoms. The number of rotatable bonds is 4. The number of thiazole rings is 1. The molecule has 160 valence electrons. The summed E-state index contributed by atoms with van der Waals surface area (Å²) in [6, 6.07) is 13.6. The minimum atomic E-state index is 0.463. The largest absolute Gasteiger partial charge is 0.230 e. The lowest BCUT2D eigenvalue weighted by atomic mass is 9.89. The second-order valence-electron chi connectivity index (χ2n) is 9.41. The van der Waals surface area contributed by atoms with Crippen LogP contribution in [0.3, 0.4) is 0 Å². The molecule has 3 heteroatoms. The fourth-order valence-corrected chi connectivity index (χ4v) is 5.56. The lowest BCUT2D eigenvalue weighted by Crippen LogP contribution is -2.30. The zero-order valence-corrected chi connectivity index (χ0v) is 20.8. The van der Waals surface area contributed by atoms with Crippen LogP contribution in [0.2, 0.25) is 0 Å². The van der Waals surface area contributed by atoms with Crippen LogP contribution in [0.15, 0.2) is 42.6 Å². The van der Waals surface area contributed by atoms with Crippen LogP contribution in [0.5, 0.6) is 0 Å². The number of fused-ring (bicyclic) bond motifs is 1. The van der Waals surface area contributed by atoms with Gasteiger partial charge in [0.25, 0.3) is 0 Å². The van der Waals surface area contributed by atoms with Gasteiger partial charge >= 0.3 is 0 Å². The van der Waals surface area contributed by atoms with E-state index in [1.54, 1.807) is 0 Å². The van der Waals surface area contributed by atoms with E-state index >= 15 is 0 Å². The standard InChI is InChI=1S/C28H33N2S/c1-16(2)21-10-9-11-22(17(3)4)27(21)28-29-24-15-30(8)25(14-26(24)31-28)23-13-18(5)12-19(6)20(23)7/h9-17H,1-8H3/q+1. The Balaban J connectivity index is 1.95. The van der Waals surface area contributed by atoms with E-state index < -0.39 is 0 Å². The van der Waals surface area contributed by atoms with Crippen molar-refractivity contribution in [1.29, 1.82) is 0 Å². The summed E-state index contributed by atoms with van der Waals surface area (Å²) in [5.41, 5.74) is 11.7. The van der Waals surface area contributed by atoms with E-state index in [0.717, 1.165) is 10.5 Å². The first kappa shape index (κ1) is 21.7. The number of aromatic nitrogens is 2. The van der Waals surface area contributed by atoms with E-state index in [0.29, 0.717) is 11.8 Å². The summed E-state index contributed by atoms with van der Waals surface area (Å²) >= 11 is 1.82. The highest BCUT2D eigenvalue weighted by Gasteiger charge is 2.22. The van der Waals surface area contributed by atoms with Crippen molar-refractivity contribution in [2.75, 3.05) is 0 Å². The van der Waals surface area contributed by atoms with Crippen LogP contribution in [0, 0.1) is 20.8 Å². The summed E-state index contributed by atoms with van der Waals surface area (Å²) in [4.78, 5) is 5.12. The summed E-state index contributed by atoms with van der Waals surface area (Å²) in [5.74, 6) is 0.926. The maximum atomic E-state index is 5.12. The van der Waals surface area contributed by atoms with Gasteiger partial charge in [-0.25, -0.2) is 4.98 Å². The molecule has 0 aliphatic rings. The van der Waals surface area contributed by atoms with Crippen molar-refractivity contribution in [1.82, 2.24) is 4.98 Å². The van der Waals surface area contributed by atoms with Gasteiger partial charge in [-0.2, -0.15) is 4.57 Å². The van der Waals surface area contributed by atoms with Crippen molar-refractivity contribution in [3.05, 3.63) is 70.4 Å². The molecule has 2 aromatic carbocycles. The molecule has 0 radical (unpaired) electrons. The third-order valence-corrected chi connectivity index (χ3v) is 7.35. The first-order valence-electron chi connectivity index (χ1n) is 11.2. The normalized spacial score (nSPS) is 11.8. The summed E-state index contributed by atoms with van der Waals surface area (Å²) in [5, 5.41) is 1.14. The summed E-state index contributed by atoms with van der Waals surface area (Å²) in [6.45, 7) is 15.7. The van der Waals surface area contributed by atoms with Crippen LogP contribution in [0.1, 0.15) is 67.3 Å². The lowest BCUT2D eigenvalue weighted by Gasteiger charge is -2.17. The van der Waals surface area contributed by atoms with Gasteiger partial charge in [0.05, 0.1) is 4.70 Å². The lowest BCUT2D eigenvalue weighted by molar-refractivity contribution is -0.659. The molecule has 0 N–H and O–H groups in total. The molecule has 0 bridgehead atoms. The van der Waals surface area contributed by atoms with Crippen LogP contribution in [-0.2, 0) is 7.05 Å². The molecule has 2 nitrogen and oxygen atoms in total. The Morgan fingerprint density at radius 2 is 1.55 bits per heavy atom. The molecule has 0 unspecified atom stereocenters. The molecule has 2 heterocycles. The van der Waals surface area contributed by atoms with Crippen LogP contribution in [0.25, 0.3) is 32.0 Å². The molecule has 2 aromatic heterocycles. The van der Waals surface area contributed by atoms with Crippen LogP contribution in [0.4, 0.5) is 0 Å². The molecular formula is C28H33N2S+. The second-order valence-corrected chi connectivity index (χ2v) is 10.4. The quantitative estimate of drug-likeness (QED) is 0.305. The number of hydrogen-bond acceptors (Lipinski definition) is 2. The van der Waals surface area contributed by atoms with Crippen molar-refractivity contribution in [3.8, 4) is 21.8 Å². The molecule has 0 fully saturated rings. The molecule has 31 heavy (non-hydrogen) atoms. The van der Waals surface area contributed by atoms with Gasteiger partial charge in [-0.05, 0) is 60.9 Å². The fourth-order valence-electron chi connectivity index (χ4n) is 4.50. The van der Waals surface area contributed by atoms with Crippen molar-refractivity contribution >= 4 is 21.6 Å². The smallest absolute Gasteiger partial charge is 0.214 e. The van der Waals surface area contributed by atoms with E-state index in [1.165, 1.54) is 49.3 Å². The van der Waals surface area contributed by atoms with Crippen LogP contribution in [-0.4, -0.2) is 4.98 Å². The Morgan fingerprint density at radius 3 is 2.16 bits per heavy atom. The van der Waals surface area contributed by atoms with Crippen molar-refractivity contribution in [2.45, 2.75) is 60.3 Å². The highest BCUT2D eigenvalue weighted by atomic mass is 32.1. The topological polar surface area (TPSA) is 16.8 Å². The molecule has 0 saturated heterocycles. The Hall–Kier alpha value is -2.52. The summed E-state index contributed by atoms with van der Waals surface area (Å²) < 4.78 is 3.47. The van der Waals surface area contributed by atoms with Gasteiger partial charge < -0.3 is 0 Å². The number of pyridine rings is 1. The summed E-state index contributed by atoms with van der Waals surface area (Å²) in [7, 11) is 2.13. The van der Waals surface area contributed by atoms with Gasteiger partial charge in [-0.15, -0.1) is 11.3 Å². The van der Waals surface area contributed by atoms with Crippen LogP contribution >= 0.6 is 11.3 Å². The Morgan fingerprint density at radius 1 is 0.903 bits per heavy atom. The molecule has 0 amide bonds. The molecule has 4 aromatic rings. The van der Waals surface area contributed by atoms with E-state index in [2.05, 4.69) is 103 Å². The molecule has 0 atom stereocenters. The van der Waals surface area contributed by atoms with Crippen molar-refractivity contribution in [3.63, 3.8) is 0 Å². The number of benzene rings is 2. The van der Waals surface area contributed by atoms with E-state index in [9.17, 15) is 0 Å². The molecule has 4 rings (SSSR count). The van der Waals surface area contributed by atoms with E-state index in [-0.39, 0.29) is 0 Å². The third-order valence-electron chi connectivity index (χ3n) is 6.32. The van der Waals surface area contributed by atoms with E-state index in [4.69, 9.17) is 4.98 Å². The van der Waals surface area contributed by atoms with Gasteiger partial charge in [0, 0.05) is 17.2 Å². The van der Waals surface area contributed by atoms with Crippen LogP contribution < -0.4 is 4.57 Å². The average Bonchev–Trinajstić information content (AvgIpc) is 3.11. The van der Waals surface area contributed by atoms with Gasteiger partial charge in [0.1, 0.15) is 17.6 Å². The predicted molar refractivity (Wildman–Crippen MR) is 134 cm³/mol. The SMILES string of the molecule is Cc1cc(C)c(C)c(-c2cc3sc(-c4c(C(C)C)cccc4C(C)C)nc3c[n+]2C)c1. The monoisotopic (exact) mass is 429 g/mol. The number of nitrogens with zero attached hydrogens (tertiary/aromatic N) is 2.